The minimum Gasteiger partial charge on any atom is -0.210 e. The minimum atomic E-state index is -3.48. The molecule has 0 aromatic heterocycles. The zero-order valence-corrected chi connectivity index (χ0v) is 10.1. The summed E-state index contributed by atoms with van der Waals surface area (Å²) in [6.45, 7) is 3.81. The first-order valence-corrected chi connectivity index (χ1v) is 6.39. The first-order valence-electron chi connectivity index (χ1n) is 4.91. The SMILES string of the molecule is Cc1ccc(S(=O)(=O)NCCC#N)c(C)c1. The molecule has 1 aromatic rings. The van der Waals surface area contributed by atoms with E-state index in [0.29, 0.717) is 5.56 Å². The summed E-state index contributed by atoms with van der Waals surface area (Å²) in [7, 11) is -3.48. The third kappa shape index (κ3) is 3.05. The highest BCUT2D eigenvalue weighted by atomic mass is 32.2. The topological polar surface area (TPSA) is 70.0 Å². The average molecular weight is 238 g/mol. The summed E-state index contributed by atoms with van der Waals surface area (Å²) in [5.41, 5.74) is 1.73. The van der Waals surface area contributed by atoms with Crippen molar-refractivity contribution in [2.45, 2.75) is 25.2 Å². The second-order valence-electron chi connectivity index (χ2n) is 3.57. The highest BCUT2D eigenvalue weighted by molar-refractivity contribution is 7.89. The van der Waals surface area contributed by atoms with E-state index in [1.54, 1.807) is 19.1 Å². The van der Waals surface area contributed by atoms with Gasteiger partial charge in [0.15, 0.2) is 0 Å². The van der Waals surface area contributed by atoms with Crippen molar-refractivity contribution in [3.8, 4) is 6.07 Å². The van der Waals surface area contributed by atoms with E-state index in [2.05, 4.69) is 4.72 Å². The van der Waals surface area contributed by atoms with E-state index in [9.17, 15) is 8.42 Å². The summed E-state index contributed by atoms with van der Waals surface area (Å²) in [4.78, 5) is 0.274. The Bertz CT molecular complexity index is 515. The summed E-state index contributed by atoms with van der Waals surface area (Å²) in [5, 5.41) is 8.34. The van der Waals surface area contributed by atoms with Crippen LogP contribution in [0.25, 0.3) is 0 Å². The second-order valence-corrected chi connectivity index (χ2v) is 5.31. The molecular weight excluding hydrogens is 224 g/mol. The Morgan fingerprint density at radius 2 is 2.06 bits per heavy atom. The first kappa shape index (κ1) is 12.7. The lowest BCUT2D eigenvalue weighted by Crippen LogP contribution is -2.25. The molecule has 0 aliphatic carbocycles. The van der Waals surface area contributed by atoms with Gasteiger partial charge in [-0.05, 0) is 25.5 Å². The van der Waals surface area contributed by atoms with Crippen LogP contribution in [0.3, 0.4) is 0 Å². The van der Waals surface area contributed by atoms with E-state index in [1.807, 2.05) is 19.1 Å². The van der Waals surface area contributed by atoms with Gasteiger partial charge in [0.1, 0.15) is 0 Å². The van der Waals surface area contributed by atoms with Crippen LogP contribution >= 0.6 is 0 Å². The van der Waals surface area contributed by atoms with Gasteiger partial charge in [0.25, 0.3) is 0 Å². The van der Waals surface area contributed by atoms with E-state index < -0.39 is 10.0 Å². The molecule has 0 heterocycles. The normalized spacial score (nSPS) is 11.1. The number of hydrogen-bond acceptors (Lipinski definition) is 3. The second kappa shape index (κ2) is 5.10. The van der Waals surface area contributed by atoms with Crippen molar-refractivity contribution >= 4 is 10.0 Å². The Morgan fingerprint density at radius 1 is 1.38 bits per heavy atom. The molecule has 1 N–H and O–H groups in total. The lowest BCUT2D eigenvalue weighted by Gasteiger charge is -2.08. The van der Waals surface area contributed by atoms with Crippen LogP contribution in [0.15, 0.2) is 23.1 Å². The summed E-state index contributed by atoms with van der Waals surface area (Å²) in [6.07, 6.45) is 0.171. The van der Waals surface area contributed by atoms with Crippen molar-refractivity contribution < 1.29 is 8.42 Å². The summed E-state index contributed by atoms with van der Waals surface area (Å²) in [6, 6.07) is 7.05. The highest BCUT2D eigenvalue weighted by Gasteiger charge is 2.15. The highest BCUT2D eigenvalue weighted by Crippen LogP contribution is 2.15. The van der Waals surface area contributed by atoms with Gasteiger partial charge < -0.3 is 0 Å². The molecule has 0 bridgehead atoms. The molecule has 0 amide bonds. The van der Waals surface area contributed by atoms with Crippen LogP contribution < -0.4 is 4.72 Å². The molecule has 0 aliphatic heterocycles. The molecule has 0 spiro atoms. The molecule has 0 saturated heterocycles. The number of rotatable bonds is 4. The van der Waals surface area contributed by atoms with Crippen LogP contribution in [0.4, 0.5) is 0 Å². The van der Waals surface area contributed by atoms with E-state index >= 15 is 0 Å². The van der Waals surface area contributed by atoms with Gasteiger partial charge in [0.2, 0.25) is 10.0 Å². The van der Waals surface area contributed by atoms with Crippen LogP contribution in [-0.4, -0.2) is 15.0 Å². The lowest BCUT2D eigenvalue weighted by molar-refractivity contribution is 0.581. The number of sulfonamides is 1. The van der Waals surface area contributed by atoms with Crippen LogP contribution in [0.2, 0.25) is 0 Å². The van der Waals surface area contributed by atoms with Gasteiger partial charge in [-0.1, -0.05) is 17.7 Å². The molecular formula is C11H14N2O2S. The van der Waals surface area contributed by atoms with E-state index in [0.717, 1.165) is 5.56 Å². The Balaban J connectivity index is 2.95. The Labute approximate surface area is 96.0 Å². The Hall–Kier alpha value is -1.38. The van der Waals surface area contributed by atoms with E-state index in [1.165, 1.54) is 0 Å². The summed E-state index contributed by atoms with van der Waals surface area (Å²) < 4.78 is 26.0. The third-order valence-electron chi connectivity index (χ3n) is 2.15. The van der Waals surface area contributed by atoms with Gasteiger partial charge in [0.05, 0.1) is 11.0 Å². The van der Waals surface area contributed by atoms with Crippen molar-refractivity contribution in [1.82, 2.24) is 4.72 Å². The summed E-state index contributed by atoms with van der Waals surface area (Å²) >= 11 is 0. The maximum Gasteiger partial charge on any atom is 0.240 e. The van der Waals surface area contributed by atoms with Crippen molar-refractivity contribution in [2.75, 3.05) is 6.54 Å². The van der Waals surface area contributed by atoms with Gasteiger partial charge in [-0.15, -0.1) is 0 Å². The van der Waals surface area contributed by atoms with Crippen LogP contribution in [0.1, 0.15) is 17.5 Å². The average Bonchev–Trinajstić information content (AvgIpc) is 2.17. The zero-order valence-electron chi connectivity index (χ0n) is 9.32. The van der Waals surface area contributed by atoms with Crippen LogP contribution in [-0.2, 0) is 10.0 Å². The van der Waals surface area contributed by atoms with Gasteiger partial charge in [0, 0.05) is 13.0 Å². The van der Waals surface area contributed by atoms with Crippen molar-refractivity contribution in [3.63, 3.8) is 0 Å². The first-order chi connectivity index (χ1) is 7.47. The maximum atomic E-state index is 11.8. The molecule has 1 aromatic carbocycles. The maximum absolute atomic E-state index is 11.8. The number of nitriles is 1. The molecule has 86 valence electrons. The van der Waals surface area contributed by atoms with Crippen LogP contribution in [0, 0.1) is 25.2 Å². The monoisotopic (exact) mass is 238 g/mol. The van der Waals surface area contributed by atoms with E-state index in [4.69, 9.17) is 5.26 Å². The zero-order chi connectivity index (χ0) is 12.2. The van der Waals surface area contributed by atoms with Crippen molar-refractivity contribution in [3.05, 3.63) is 29.3 Å². The minimum absolute atomic E-state index is 0.145. The summed E-state index contributed by atoms with van der Waals surface area (Å²) in [5.74, 6) is 0. The predicted octanol–water partition coefficient (Wildman–Crippen LogP) is 1.50. The van der Waals surface area contributed by atoms with E-state index in [-0.39, 0.29) is 17.9 Å². The van der Waals surface area contributed by atoms with Gasteiger partial charge in [-0.3, -0.25) is 0 Å². The molecule has 4 nitrogen and oxygen atoms in total. The van der Waals surface area contributed by atoms with Crippen molar-refractivity contribution in [1.29, 1.82) is 5.26 Å². The largest absolute Gasteiger partial charge is 0.240 e. The van der Waals surface area contributed by atoms with Gasteiger partial charge >= 0.3 is 0 Å². The van der Waals surface area contributed by atoms with Gasteiger partial charge in [-0.2, -0.15) is 5.26 Å². The fourth-order valence-electron chi connectivity index (χ4n) is 1.42. The quantitative estimate of drug-likeness (QED) is 0.808. The van der Waals surface area contributed by atoms with Gasteiger partial charge in [-0.25, -0.2) is 13.1 Å². The van der Waals surface area contributed by atoms with Crippen LogP contribution in [0.5, 0.6) is 0 Å². The lowest BCUT2D eigenvalue weighted by atomic mass is 10.2. The third-order valence-corrected chi connectivity index (χ3v) is 3.77. The molecule has 5 heteroatoms. The number of aryl methyl sites for hydroxylation is 2. The number of nitrogens with zero attached hydrogens (tertiary/aromatic N) is 1. The number of hydrogen-bond donors (Lipinski definition) is 1. The fraction of sp³-hybridized carbons (Fsp3) is 0.364. The molecule has 1 rings (SSSR count). The molecule has 0 atom stereocenters. The molecule has 0 fully saturated rings. The molecule has 0 saturated carbocycles. The standard InChI is InChI=1S/C11H14N2O2S/c1-9-4-5-11(10(2)8-9)16(14,15)13-7-3-6-12/h4-5,8,13H,3,7H2,1-2H3. The smallest absolute Gasteiger partial charge is 0.210 e. The Kier molecular flexibility index (Phi) is 4.05. The molecule has 0 unspecified atom stereocenters. The number of benzene rings is 1. The molecule has 16 heavy (non-hydrogen) atoms. The molecule has 0 radical (unpaired) electrons. The molecule has 0 aliphatic rings. The Morgan fingerprint density at radius 3 is 2.62 bits per heavy atom. The predicted molar refractivity (Wildman–Crippen MR) is 61.3 cm³/mol. The number of nitrogens with one attached hydrogen (secondary N) is 1. The fourth-order valence-corrected chi connectivity index (χ4v) is 2.68. The van der Waals surface area contributed by atoms with Crippen molar-refractivity contribution in [2.24, 2.45) is 0 Å².